The lowest BCUT2D eigenvalue weighted by atomic mass is 9.91. The maximum atomic E-state index is 13.8. The molecule has 2 heterocycles. The topological polar surface area (TPSA) is 68.3 Å². The van der Waals surface area contributed by atoms with Gasteiger partial charge in [0.15, 0.2) is 12.2 Å². The van der Waals surface area contributed by atoms with Crippen LogP contribution in [0.15, 0.2) is 42.5 Å². The Balaban J connectivity index is 1.46. The van der Waals surface area contributed by atoms with Gasteiger partial charge in [-0.15, -0.1) is 0 Å². The van der Waals surface area contributed by atoms with Gasteiger partial charge in [-0.2, -0.15) is 0 Å². The summed E-state index contributed by atoms with van der Waals surface area (Å²) >= 11 is 5.80. The van der Waals surface area contributed by atoms with Crippen molar-refractivity contribution in [2.45, 2.75) is 38.2 Å². The van der Waals surface area contributed by atoms with Gasteiger partial charge in [0.1, 0.15) is 23.9 Å². The molecule has 1 fully saturated rings. The lowest BCUT2D eigenvalue weighted by molar-refractivity contribution is -0.177. The van der Waals surface area contributed by atoms with Gasteiger partial charge in [0.05, 0.1) is 24.7 Å². The van der Waals surface area contributed by atoms with Gasteiger partial charge in [-0.1, -0.05) is 29.8 Å². The zero-order valence-corrected chi connectivity index (χ0v) is 21.3. The fourth-order valence-electron chi connectivity index (χ4n) is 4.72. The summed E-state index contributed by atoms with van der Waals surface area (Å²) in [5, 5.41) is -0.0737. The van der Waals surface area contributed by atoms with Crippen LogP contribution in [0.5, 0.6) is 11.5 Å². The molecule has 4 rings (SSSR count). The van der Waals surface area contributed by atoms with Crippen LogP contribution in [0, 0.1) is 5.82 Å². The number of hydrogen-bond acceptors (Lipinski definition) is 5. The molecule has 0 aromatic heterocycles. The molecule has 2 aromatic carbocycles. The number of carbonyl (C=O) groups excluding carboxylic acids is 2. The van der Waals surface area contributed by atoms with Crippen molar-refractivity contribution in [1.29, 1.82) is 0 Å². The molecule has 1 unspecified atom stereocenters. The van der Waals surface area contributed by atoms with Crippen molar-refractivity contribution >= 4 is 23.4 Å². The van der Waals surface area contributed by atoms with Crippen LogP contribution in [-0.2, 0) is 20.7 Å². The third-order valence-corrected chi connectivity index (χ3v) is 7.01. The maximum absolute atomic E-state index is 13.8. The first-order valence-corrected chi connectivity index (χ1v) is 12.8. The first-order chi connectivity index (χ1) is 17.4. The van der Waals surface area contributed by atoms with Crippen molar-refractivity contribution in [3.63, 3.8) is 0 Å². The van der Waals surface area contributed by atoms with Gasteiger partial charge >= 0.3 is 0 Å². The van der Waals surface area contributed by atoms with E-state index in [4.69, 9.17) is 25.8 Å². The maximum Gasteiger partial charge on any atom is 0.260 e. The van der Waals surface area contributed by atoms with Gasteiger partial charge in [-0.3, -0.25) is 9.59 Å². The second-order valence-electron chi connectivity index (χ2n) is 9.07. The third-order valence-electron chi connectivity index (χ3n) is 6.72. The number of fused-ring (bicyclic) bond motifs is 1. The van der Waals surface area contributed by atoms with Gasteiger partial charge in [0.2, 0.25) is 0 Å². The Morgan fingerprint density at radius 2 is 2.00 bits per heavy atom. The van der Waals surface area contributed by atoms with E-state index in [0.717, 1.165) is 30.6 Å². The SMILES string of the molecule is CCN1CCOc2ccccc2CCCCC2(CN(C(=O)COc3ccc(F)c(Cl)c3)CCO2)C1=O. The number of para-hydroxylation sites is 1. The lowest BCUT2D eigenvalue weighted by Gasteiger charge is -2.44. The number of rotatable bonds is 4. The molecule has 1 atom stereocenters. The Bertz CT molecular complexity index is 1080. The first-order valence-electron chi connectivity index (χ1n) is 12.4. The Morgan fingerprint density at radius 3 is 2.81 bits per heavy atom. The largest absolute Gasteiger partial charge is 0.491 e. The Kier molecular flexibility index (Phi) is 8.69. The molecule has 194 valence electrons. The van der Waals surface area contributed by atoms with E-state index in [-0.39, 0.29) is 36.6 Å². The average Bonchev–Trinajstić information content (AvgIpc) is 2.89. The monoisotopic (exact) mass is 518 g/mol. The Hall–Kier alpha value is -2.84. The van der Waals surface area contributed by atoms with Gasteiger partial charge in [0.25, 0.3) is 11.8 Å². The number of hydrogen-bond donors (Lipinski definition) is 0. The highest BCUT2D eigenvalue weighted by Crippen LogP contribution is 2.30. The highest BCUT2D eigenvalue weighted by molar-refractivity contribution is 6.30. The molecule has 2 aliphatic rings. The summed E-state index contributed by atoms with van der Waals surface area (Å²) in [5.41, 5.74) is 0.0443. The van der Waals surface area contributed by atoms with Gasteiger partial charge in [0, 0.05) is 19.2 Å². The minimum atomic E-state index is -1.11. The van der Waals surface area contributed by atoms with Crippen LogP contribution >= 0.6 is 11.6 Å². The zero-order valence-electron chi connectivity index (χ0n) is 20.5. The van der Waals surface area contributed by atoms with Crippen molar-refractivity contribution in [2.24, 2.45) is 0 Å². The molecule has 0 radical (unpaired) electrons. The predicted octanol–water partition coefficient (Wildman–Crippen LogP) is 4.11. The second-order valence-corrected chi connectivity index (χ2v) is 9.48. The second kappa shape index (κ2) is 11.9. The number of aryl methyl sites for hydroxylation is 1. The van der Waals surface area contributed by atoms with Crippen LogP contribution in [-0.4, -0.2) is 73.2 Å². The highest BCUT2D eigenvalue weighted by atomic mass is 35.5. The van der Waals surface area contributed by atoms with E-state index in [0.29, 0.717) is 38.4 Å². The van der Waals surface area contributed by atoms with Crippen molar-refractivity contribution in [3.05, 3.63) is 58.9 Å². The molecule has 0 saturated carbocycles. The number of amides is 2. The summed E-state index contributed by atoms with van der Waals surface area (Å²) in [7, 11) is 0. The third kappa shape index (κ3) is 6.10. The predicted molar refractivity (Wildman–Crippen MR) is 134 cm³/mol. The number of carbonyl (C=O) groups is 2. The summed E-state index contributed by atoms with van der Waals surface area (Å²) in [5.74, 6) is 0.228. The van der Waals surface area contributed by atoms with Crippen LogP contribution in [0.2, 0.25) is 5.02 Å². The molecule has 36 heavy (non-hydrogen) atoms. The molecule has 2 amide bonds. The van der Waals surface area contributed by atoms with E-state index in [9.17, 15) is 14.0 Å². The van der Waals surface area contributed by atoms with Crippen LogP contribution in [0.25, 0.3) is 0 Å². The number of halogens is 2. The summed E-state index contributed by atoms with van der Waals surface area (Å²) in [6.07, 6.45) is 3.00. The van der Waals surface area contributed by atoms with Crippen molar-refractivity contribution in [2.75, 3.05) is 46.0 Å². The van der Waals surface area contributed by atoms with E-state index in [1.54, 1.807) is 9.80 Å². The summed E-state index contributed by atoms with van der Waals surface area (Å²) < 4.78 is 31.1. The quantitative estimate of drug-likeness (QED) is 0.609. The molecule has 2 aliphatic heterocycles. The summed E-state index contributed by atoms with van der Waals surface area (Å²) in [6, 6.07) is 12.0. The van der Waals surface area contributed by atoms with Crippen LogP contribution < -0.4 is 9.47 Å². The van der Waals surface area contributed by atoms with Crippen LogP contribution in [0.3, 0.4) is 0 Å². The number of likely N-dealkylation sites (N-methyl/N-ethyl adjacent to an activating group) is 1. The summed E-state index contributed by atoms with van der Waals surface area (Å²) in [4.78, 5) is 30.1. The number of morpholine rings is 1. The van der Waals surface area contributed by atoms with Crippen LogP contribution in [0.4, 0.5) is 4.39 Å². The van der Waals surface area contributed by atoms with E-state index in [1.165, 1.54) is 18.2 Å². The molecule has 0 aliphatic carbocycles. The average molecular weight is 519 g/mol. The molecule has 1 saturated heterocycles. The number of benzene rings is 2. The normalized spacial score (nSPS) is 21.2. The van der Waals surface area contributed by atoms with Crippen LogP contribution in [0.1, 0.15) is 31.7 Å². The number of ether oxygens (including phenoxy) is 3. The minimum absolute atomic E-state index is 0.0737. The minimum Gasteiger partial charge on any atom is -0.491 e. The van der Waals surface area contributed by atoms with Gasteiger partial charge in [-0.05, 0) is 56.4 Å². The molecule has 7 nitrogen and oxygen atoms in total. The fourth-order valence-corrected chi connectivity index (χ4v) is 4.89. The van der Waals surface area contributed by atoms with Gasteiger partial charge < -0.3 is 24.0 Å². The Labute approximate surface area is 216 Å². The molecule has 1 spiro atoms. The summed E-state index contributed by atoms with van der Waals surface area (Å²) in [6.45, 7) is 3.79. The lowest BCUT2D eigenvalue weighted by Crippen LogP contribution is -2.62. The molecular formula is C27H32ClFN2O5. The number of nitrogens with zero attached hydrogens (tertiary/aromatic N) is 2. The van der Waals surface area contributed by atoms with Crippen molar-refractivity contribution in [1.82, 2.24) is 9.80 Å². The fraction of sp³-hybridized carbons (Fsp3) is 0.481. The van der Waals surface area contributed by atoms with E-state index >= 15 is 0 Å². The zero-order chi connectivity index (χ0) is 25.5. The molecule has 9 heteroatoms. The molecule has 2 aromatic rings. The van der Waals surface area contributed by atoms with E-state index < -0.39 is 11.4 Å². The van der Waals surface area contributed by atoms with Gasteiger partial charge in [-0.25, -0.2) is 4.39 Å². The highest BCUT2D eigenvalue weighted by Gasteiger charge is 2.46. The smallest absolute Gasteiger partial charge is 0.260 e. The molecular weight excluding hydrogens is 487 g/mol. The van der Waals surface area contributed by atoms with Crippen molar-refractivity contribution < 1.29 is 28.2 Å². The van der Waals surface area contributed by atoms with Crippen molar-refractivity contribution in [3.8, 4) is 11.5 Å². The molecule has 0 bridgehead atoms. The molecule has 0 N–H and O–H groups in total. The van der Waals surface area contributed by atoms with E-state index in [1.807, 2.05) is 25.1 Å². The first kappa shape index (κ1) is 26.2. The Morgan fingerprint density at radius 1 is 1.17 bits per heavy atom. The van der Waals surface area contributed by atoms with E-state index in [2.05, 4.69) is 6.07 Å². The standard InChI is InChI=1S/C27H32ClFN2O5/c1-2-30-13-15-34-24-9-4-3-7-20(24)8-5-6-12-27(26(30)33)19-31(14-16-36-27)25(32)18-35-21-10-11-23(29)22(28)17-21/h3-4,7,9-11,17H,2,5-6,8,12-16,18-19H2,1H3.